The van der Waals surface area contributed by atoms with E-state index in [1.165, 1.54) is 29.4 Å². The van der Waals surface area contributed by atoms with E-state index in [9.17, 15) is 14.0 Å². The number of carbonyl (C=O) groups is 2. The minimum absolute atomic E-state index is 0.139. The minimum atomic E-state index is -0.830. The van der Waals surface area contributed by atoms with Gasteiger partial charge in [0.05, 0.1) is 29.0 Å². The lowest BCUT2D eigenvalue weighted by Crippen LogP contribution is -2.39. The SMILES string of the molecule is Cc1ccccc1CN(Cc1ccc(F)cc1)C(=O)C(=O)Nc1cnc(N)c2cn[nH]c12. The monoisotopic (exact) mass is 432 g/mol. The Kier molecular flexibility index (Phi) is 5.80. The molecule has 0 atom stereocenters. The molecule has 0 unspecified atom stereocenters. The largest absolute Gasteiger partial charge is 0.383 e. The Morgan fingerprint density at radius 3 is 2.59 bits per heavy atom. The number of amides is 2. The fourth-order valence-electron chi connectivity index (χ4n) is 3.37. The van der Waals surface area contributed by atoms with E-state index in [1.807, 2.05) is 31.2 Å². The van der Waals surface area contributed by atoms with E-state index < -0.39 is 11.8 Å². The van der Waals surface area contributed by atoms with E-state index in [1.54, 1.807) is 12.1 Å². The number of anilines is 2. The highest BCUT2D eigenvalue weighted by atomic mass is 19.1. The number of nitrogens with one attached hydrogen (secondary N) is 2. The molecule has 162 valence electrons. The Morgan fingerprint density at radius 2 is 1.84 bits per heavy atom. The van der Waals surface area contributed by atoms with E-state index in [0.29, 0.717) is 22.2 Å². The van der Waals surface area contributed by atoms with Crippen LogP contribution in [-0.2, 0) is 22.7 Å². The van der Waals surface area contributed by atoms with E-state index >= 15 is 0 Å². The maximum Gasteiger partial charge on any atom is 0.314 e. The zero-order valence-corrected chi connectivity index (χ0v) is 17.3. The summed E-state index contributed by atoms with van der Waals surface area (Å²) in [6, 6.07) is 13.4. The molecule has 0 bridgehead atoms. The molecule has 0 fully saturated rings. The zero-order chi connectivity index (χ0) is 22.7. The molecule has 4 aromatic rings. The first-order valence-electron chi connectivity index (χ1n) is 9.89. The molecular weight excluding hydrogens is 411 g/mol. The van der Waals surface area contributed by atoms with Crippen molar-refractivity contribution in [2.75, 3.05) is 11.1 Å². The molecule has 2 amide bonds. The van der Waals surface area contributed by atoms with Crippen molar-refractivity contribution < 1.29 is 14.0 Å². The highest BCUT2D eigenvalue weighted by molar-refractivity contribution is 6.40. The minimum Gasteiger partial charge on any atom is -0.383 e. The number of aromatic nitrogens is 3. The van der Waals surface area contributed by atoms with Gasteiger partial charge in [-0.25, -0.2) is 9.37 Å². The molecule has 0 saturated carbocycles. The van der Waals surface area contributed by atoms with Crippen LogP contribution in [0.2, 0.25) is 0 Å². The van der Waals surface area contributed by atoms with Gasteiger partial charge >= 0.3 is 11.8 Å². The van der Waals surface area contributed by atoms with Crippen molar-refractivity contribution in [2.45, 2.75) is 20.0 Å². The molecule has 0 radical (unpaired) electrons. The number of hydrogen-bond donors (Lipinski definition) is 3. The lowest BCUT2D eigenvalue weighted by molar-refractivity contribution is -0.144. The summed E-state index contributed by atoms with van der Waals surface area (Å²) in [5, 5.41) is 9.80. The predicted molar refractivity (Wildman–Crippen MR) is 119 cm³/mol. The third-order valence-electron chi connectivity index (χ3n) is 5.16. The summed E-state index contributed by atoms with van der Waals surface area (Å²) in [6.07, 6.45) is 2.86. The number of nitrogen functional groups attached to an aromatic ring is 1. The molecule has 0 aliphatic rings. The number of pyridine rings is 1. The van der Waals surface area contributed by atoms with Crippen LogP contribution in [-0.4, -0.2) is 31.9 Å². The molecule has 9 heteroatoms. The second-order valence-corrected chi connectivity index (χ2v) is 7.38. The van der Waals surface area contributed by atoms with E-state index in [4.69, 9.17) is 5.73 Å². The normalized spacial score (nSPS) is 10.8. The molecule has 0 aliphatic heterocycles. The van der Waals surface area contributed by atoms with E-state index in [0.717, 1.165) is 11.1 Å². The van der Waals surface area contributed by atoms with Gasteiger partial charge in [-0.15, -0.1) is 0 Å². The highest BCUT2D eigenvalue weighted by Gasteiger charge is 2.24. The fourth-order valence-corrected chi connectivity index (χ4v) is 3.37. The van der Waals surface area contributed by atoms with Crippen molar-refractivity contribution >= 4 is 34.2 Å². The summed E-state index contributed by atoms with van der Waals surface area (Å²) in [4.78, 5) is 31.5. The van der Waals surface area contributed by atoms with Gasteiger partial charge in [0.15, 0.2) is 0 Å². The quantitative estimate of drug-likeness (QED) is 0.419. The maximum absolute atomic E-state index is 13.3. The highest BCUT2D eigenvalue weighted by Crippen LogP contribution is 2.24. The van der Waals surface area contributed by atoms with Crippen LogP contribution in [0.25, 0.3) is 10.9 Å². The van der Waals surface area contributed by atoms with Gasteiger partial charge in [-0.3, -0.25) is 14.7 Å². The number of benzene rings is 2. The van der Waals surface area contributed by atoms with Gasteiger partial charge in [0.25, 0.3) is 0 Å². The Labute approximate surface area is 183 Å². The van der Waals surface area contributed by atoms with Crippen molar-refractivity contribution in [3.63, 3.8) is 0 Å². The smallest absolute Gasteiger partial charge is 0.314 e. The number of aryl methyl sites for hydroxylation is 1. The van der Waals surface area contributed by atoms with Crippen LogP contribution in [0.4, 0.5) is 15.9 Å². The lowest BCUT2D eigenvalue weighted by atomic mass is 10.1. The van der Waals surface area contributed by atoms with Gasteiger partial charge in [-0.1, -0.05) is 36.4 Å². The number of halogens is 1. The van der Waals surface area contributed by atoms with Crippen LogP contribution in [0, 0.1) is 12.7 Å². The number of aromatic amines is 1. The van der Waals surface area contributed by atoms with Crippen LogP contribution >= 0.6 is 0 Å². The standard InChI is InChI=1S/C23H21FN6O2/c1-14-4-2-3-5-16(14)13-30(12-15-6-8-17(24)9-7-15)23(32)22(31)28-19-11-26-21(25)18-10-27-29-20(18)19/h2-11H,12-13H2,1H3,(H2,25,26)(H,27,29)(H,28,31). The predicted octanol–water partition coefficient (Wildman–Crippen LogP) is 3.16. The Morgan fingerprint density at radius 1 is 1.09 bits per heavy atom. The summed E-state index contributed by atoms with van der Waals surface area (Å²) < 4.78 is 13.3. The van der Waals surface area contributed by atoms with E-state index in [2.05, 4.69) is 20.5 Å². The lowest BCUT2D eigenvalue weighted by Gasteiger charge is -2.23. The zero-order valence-electron chi connectivity index (χ0n) is 17.3. The summed E-state index contributed by atoms with van der Waals surface area (Å²) in [6.45, 7) is 2.29. The van der Waals surface area contributed by atoms with Gasteiger partial charge < -0.3 is 16.0 Å². The summed E-state index contributed by atoms with van der Waals surface area (Å²) in [5.41, 5.74) is 9.18. The fraction of sp³-hybridized carbons (Fsp3) is 0.130. The third-order valence-corrected chi connectivity index (χ3v) is 5.16. The van der Waals surface area contributed by atoms with E-state index in [-0.39, 0.29) is 24.7 Å². The number of nitrogens with two attached hydrogens (primary N) is 1. The van der Waals surface area contributed by atoms with Crippen molar-refractivity contribution in [1.82, 2.24) is 20.1 Å². The number of hydrogen-bond acceptors (Lipinski definition) is 5. The molecule has 0 spiro atoms. The summed E-state index contributed by atoms with van der Waals surface area (Å²) in [7, 11) is 0. The number of carbonyl (C=O) groups excluding carboxylic acids is 2. The van der Waals surface area contributed by atoms with Gasteiger partial charge in [0.2, 0.25) is 0 Å². The van der Waals surface area contributed by atoms with Gasteiger partial charge in [0.1, 0.15) is 11.6 Å². The molecule has 32 heavy (non-hydrogen) atoms. The van der Waals surface area contributed by atoms with Crippen LogP contribution in [0.15, 0.2) is 60.9 Å². The van der Waals surface area contributed by atoms with Crippen LogP contribution in [0.5, 0.6) is 0 Å². The van der Waals surface area contributed by atoms with Crippen LogP contribution < -0.4 is 11.1 Å². The number of H-pyrrole nitrogens is 1. The Bertz CT molecular complexity index is 1290. The summed E-state index contributed by atoms with van der Waals surface area (Å²) in [5.74, 6) is -1.68. The molecule has 0 saturated heterocycles. The van der Waals surface area contributed by atoms with Crippen LogP contribution in [0.1, 0.15) is 16.7 Å². The Hall–Kier alpha value is -4.27. The van der Waals surface area contributed by atoms with Gasteiger partial charge in [0, 0.05) is 13.1 Å². The Balaban J connectivity index is 1.59. The second-order valence-electron chi connectivity index (χ2n) is 7.38. The number of nitrogens with zero attached hydrogens (tertiary/aromatic N) is 3. The first kappa shape index (κ1) is 21.0. The van der Waals surface area contributed by atoms with Crippen molar-refractivity contribution in [1.29, 1.82) is 0 Å². The average molecular weight is 432 g/mol. The number of rotatable bonds is 5. The first-order valence-corrected chi connectivity index (χ1v) is 9.89. The van der Waals surface area contributed by atoms with Crippen molar-refractivity contribution in [3.05, 3.63) is 83.4 Å². The molecule has 4 rings (SSSR count). The van der Waals surface area contributed by atoms with Crippen molar-refractivity contribution in [3.8, 4) is 0 Å². The maximum atomic E-state index is 13.3. The second kappa shape index (κ2) is 8.84. The molecule has 4 N–H and O–H groups in total. The third kappa shape index (κ3) is 4.41. The molecule has 0 aliphatic carbocycles. The van der Waals surface area contributed by atoms with Crippen molar-refractivity contribution in [2.24, 2.45) is 0 Å². The molecule has 2 aromatic carbocycles. The molecule has 8 nitrogen and oxygen atoms in total. The topological polar surface area (TPSA) is 117 Å². The van der Waals surface area contributed by atoms with Gasteiger partial charge in [-0.05, 0) is 35.7 Å². The summed E-state index contributed by atoms with van der Waals surface area (Å²) >= 11 is 0. The molecule has 2 heterocycles. The molecule has 2 aromatic heterocycles. The molecular formula is C23H21FN6O2. The van der Waals surface area contributed by atoms with Gasteiger partial charge in [-0.2, -0.15) is 5.10 Å². The first-order chi connectivity index (χ1) is 15.4. The van der Waals surface area contributed by atoms with Crippen LogP contribution in [0.3, 0.4) is 0 Å². The number of fused-ring (bicyclic) bond motifs is 1. The average Bonchev–Trinajstić information content (AvgIpc) is 3.29.